The first-order chi connectivity index (χ1) is 11.4. The normalized spacial score (nSPS) is 30.0. The number of carbonyl (C=O) groups is 3. The molecule has 0 bridgehead atoms. The first-order valence-corrected chi connectivity index (χ1v) is 8.64. The Morgan fingerprint density at radius 2 is 2.21 bits per heavy atom. The second-order valence-electron chi connectivity index (χ2n) is 5.88. The Kier molecular flexibility index (Phi) is 4.84. The quantitative estimate of drug-likeness (QED) is 0.427. The maximum atomic E-state index is 12.4. The molecule has 0 aromatic rings. The van der Waals surface area contributed by atoms with Crippen LogP contribution < -0.4 is 0 Å². The minimum atomic E-state index is -0.798. The molecule has 4 atom stereocenters. The number of rotatable bonds is 5. The molecule has 0 unspecified atom stereocenters. The van der Waals surface area contributed by atoms with Crippen LogP contribution in [0.15, 0.2) is 10.6 Å². The van der Waals surface area contributed by atoms with Crippen LogP contribution in [0.4, 0.5) is 0 Å². The molecule has 132 valence electrons. The fourth-order valence-corrected chi connectivity index (χ4v) is 4.74. The van der Waals surface area contributed by atoms with Gasteiger partial charge in [-0.2, -0.15) is 0 Å². The molecule has 3 heterocycles. The second kappa shape index (κ2) is 6.73. The molecule has 3 rings (SSSR count). The van der Waals surface area contributed by atoms with Crippen molar-refractivity contribution in [2.75, 3.05) is 13.4 Å². The molecule has 1 amide bonds. The zero-order valence-electron chi connectivity index (χ0n) is 13.4. The Balaban J connectivity index is 1.80. The molecule has 0 spiro atoms. The summed E-state index contributed by atoms with van der Waals surface area (Å²) in [4.78, 5) is 37.5. The van der Waals surface area contributed by atoms with Crippen LogP contribution in [0.2, 0.25) is 0 Å². The van der Waals surface area contributed by atoms with E-state index < -0.39 is 30.8 Å². The molecule has 3 aliphatic heterocycles. The van der Waals surface area contributed by atoms with Gasteiger partial charge in [0.1, 0.15) is 11.1 Å². The number of amides is 1. The van der Waals surface area contributed by atoms with Crippen molar-refractivity contribution < 1.29 is 33.7 Å². The van der Waals surface area contributed by atoms with Crippen molar-refractivity contribution in [3.63, 3.8) is 0 Å². The highest BCUT2D eigenvalue weighted by Crippen LogP contribution is 2.52. The summed E-state index contributed by atoms with van der Waals surface area (Å²) in [7, 11) is 0. The van der Waals surface area contributed by atoms with E-state index in [-0.39, 0.29) is 23.1 Å². The smallest absolute Gasteiger partial charge is 0.358 e. The zero-order valence-corrected chi connectivity index (χ0v) is 14.2. The molecule has 0 saturated carbocycles. The van der Waals surface area contributed by atoms with Crippen molar-refractivity contribution in [3.05, 3.63) is 10.6 Å². The number of hydrogen-bond donors (Lipinski definition) is 1. The van der Waals surface area contributed by atoms with E-state index in [4.69, 9.17) is 9.47 Å². The molecule has 0 radical (unpaired) electrons. The monoisotopic (exact) mass is 357 g/mol. The van der Waals surface area contributed by atoms with Gasteiger partial charge in [-0.15, -0.1) is 0 Å². The van der Waals surface area contributed by atoms with Crippen molar-refractivity contribution in [1.82, 2.24) is 4.90 Å². The maximum Gasteiger partial charge on any atom is 0.358 e. The summed E-state index contributed by atoms with van der Waals surface area (Å²) in [6, 6.07) is 0. The highest BCUT2D eigenvalue weighted by molar-refractivity contribution is 8.04. The fourth-order valence-electron chi connectivity index (χ4n) is 3.05. The van der Waals surface area contributed by atoms with E-state index >= 15 is 0 Å². The van der Waals surface area contributed by atoms with Gasteiger partial charge < -0.3 is 19.3 Å². The van der Waals surface area contributed by atoms with E-state index in [0.29, 0.717) is 11.5 Å². The highest BCUT2D eigenvalue weighted by Gasteiger charge is 2.58. The average Bonchev–Trinajstić information content (AvgIpc) is 3.11. The third kappa shape index (κ3) is 2.91. The molecule has 1 N–H and O–H groups in total. The maximum absolute atomic E-state index is 12.4. The van der Waals surface area contributed by atoms with E-state index in [1.807, 2.05) is 0 Å². The zero-order chi connectivity index (χ0) is 17.4. The number of thioether (sulfide) groups is 1. The molecule has 3 aliphatic rings. The number of carbonyl (C=O) groups excluding carboxylic acids is 3. The molecule has 0 aromatic carbocycles. The van der Waals surface area contributed by atoms with Gasteiger partial charge in [0, 0.05) is 18.4 Å². The van der Waals surface area contributed by atoms with Gasteiger partial charge in [-0.1, -0.05) is 11.8 Å². The van der Waals surface area contributed by atoms with Gasteiger partial charge in [-0.3, -0.25) is 14.5 Å². The molecular weight excluding hydrogens is 338 g/mol. The van der Waals surface area contributed by atoms with Gasteiger partial charge in [0.25, 0.3) is 0 Å². The van der Waals surface area contributed by atoms with Crippen molar-refractivity contribution in [2.24, 2.45) is 5.92 Å². The number of β-lactam (4-membered cyclic amide) rings is 1. The van der Waals surface area contributed by atoms with Gasteiger partial charge in [0.2, 0.25) is 12.7 Å². The Morgan fingerprint density at radius 1 is 1.46 bits per heavy atom. The summed E-state index contributed by atoms with van der Waals surface area (Å²) >= 11 is 1.37. The second-order valence-corrected chi connectivity index (χ2v) is 7.04. The fraction of sp³-hybridized carbons (Fsp3) is 0.667. The number of nitrogens with zero attached hydrogens (tertiary/aromatic N) is 1. The topological polar surface area (TPSA) is 102 Å². The highest BCUT2D eigenvalue weighted by atomic mass is 32.2. The Hall–Kier alpha value is -1.58. The molecule has 2 saturated heterocycles. The molecule has 24 heavy (non-hydrogen) atoms. The summed E-state index contributed by atoms with van der Waals surface area (Å²) < 4.78 is 15.2. The van der Waals surface area contributed by atoms with Gasteiger partial charge in [-0.25, -0.2) is 4.79 Å². The van der Waals surface area contributed by atoms with Gasteiger partial charge >= 0.3 is 11.9 Å². The first kappa shape index (κ1) is 17.2. The number of ether oxygens (including phenoxy) is 3. The summed E-state index contributed by atoms with van der Waals surface area (Å²) in [6.07, 6.45) is 0.591. The van der Waals surface area contributed by atoms with Crippen LogP contribution in [0.1, 0.15) is 26.7 Å². The number of aliphatic hydroxyl groups excluding tert-OH is 1. The van der Waals surface area contributed by atoms with E-state index in [1.165, 1.54) is 23.6 Å². The number of aliphatic hydroxyl groups is 1. The lowest BCUT2D eigenvalue weighted by Crippen LogP contribution is -2.60. The van der Waals surface area contributed by atoms with Gasteiger partial charge in [0.15, 0.2) is 0 Å². The third-order valence-electron chi connectivity index (χ3n) is 4.19. The lowest BCUT2D eigenvalue weighted by atomic mass is 9.92. The Bertz CT molecular complexity index is 597. The SMILES string of the molecule is CC(=O)OCOC(=O)C1=C([C@H]2CCCO2)S[C@@H]2[C@@H]([C@@H](C)O)C(=O)N12. The molecular formula is C15H19NO7S. The summed E-state index contributed by atoms with van der Waals surface area (Å²) in [5, 5.41) is 9.46. The van der Waals surface area contributed by atoms with Crippen LogP contribution in [0.5, 0.6) is 0 Å². The number of esters is 2. The summed E-state index contributed by atoms with van der Waals surface area (Å²) in [5.74, 6) is -2.15. The van der Waals surface area contributed by atoms with Gasteiger partial charge in [-0.05, 0) is 19.8 Å². The summed E-state index contributed by atoms with van der Waals surface area (Å²) in [5.41, 5.74) is 0.144. The van der Waals surface area contributed by atoms with Crippen molar-refractivity contribution in [3.8, 4) is 0 Å². The Labute approximate surface area is 143 Å². The minimum Gasteiger partial charge on any atom is -0.428 e. The standard InChI is InChI=1S/C15H19NO7S/c1-7(17)10-13(19)16-11(15(20)23-6-22-8(2)18)12(24-14(10)16)9-4-3-5-21-9/h7,9-10,14,17H,3-6H2,1-2H3/t7-,9-,10+,14-/m1/s1. The van der Waals surface area contributed by atoms with E-state index in [0.717, 1.165) is 12.8 Å². The van der Waals surface area contributed by atoms with Crippen LogP contribution in [0.3, 0.4) is 0 Å². The molecule has 0 aromatic heterocycles. The molecule has 0 aliphatic carbocycles. The minimum absolute atomic E-state index is 0.144. The van der Waals surface area contributed by atoms with E-state index in [1.54, 1.807) is 6.92 Å². The van der Waals surface area contributed by atoms with Gasteiger partial charge in [0.05, 0.1) is 18.1 Å². The van der Waals surface area contributed by atoms with Crippen molar-refractivity contribution in [2.45, 2.75) is 44.3 Å². The lowest BCUT2D eigenvalue weighted by molar-refractivity contribution is -0.168. The predicted molar refractivity (Wildman–Crippen MR) is 82.1 cm³/mol. The molecule has 9 heteroatoms. The third-order valence-corrected chi connectivity index (χ3v) is 5.65. The lowest BCUT2D eigenvalue weighted by Gasteiger charge is -2.43. The largest absolute Gasteiger partial charge is 0.428 e. The predicted octanol–water partition coefficient (Wildman–Crippen LogP) is 0.353. The van der Waals surface area contributed by atoms with E-state index in [2.05, 4.69) is 4.74 Å². The molecule has 2 fully saturated rings. The van der Waals surface area contributed by atoms with Crippen LogP contribution in [0, 0.1) is 5.92 Å². The number of fused-ring (bicyclic) bond motifs is 1. The van der Waals surface area contributed by atoms with Crippen LogP contribution in [-0.4, -0.2) is 58.8 Å². The number of hydrogen-bond acceptors (Lipinski definition) is 8. The average molecular weight is 357 g/mol. The van der Waals surface area contributed by atoms with Crippen molar-refractivity contribution >= 4 is 29.6 Å². The van der Waals surface area contributed by atoms with Crippen LogP contribution >= 0.6 is 11.8 Å². The van der Waals surface area contributed by atoms with Crippen LogP contribution in [0.25, 0.3) is 0 Å². The molecule has 8 nitrogen and oxygen atoms in total. The summed E-state index contributed by atoms with van der Waals surface area (Å²) in [6.45, 7) is 2.86. The van der Waals surface area contributed by atoms with Crippen LogP contribution in [-0.2, 0) is 28.6 Å². The Morgan fingerprint density at radius 3 is 2.79 bits per heavy atom. The van der Waals surface area contributed by atoms with E-state index in [9.17, 15) is 19.5 Å². The van der Waals surface area contributed by atoms with Crippen molar-refractivity contribution in [1.29, 1.82) is 0 Å². The first-order valence-electron chi connectivity index (χ1n) is 7.76.